The van der Waals surface area contributed by atoms with Crippen LogP contribution in [-0.4, -0.2) is 47.0 Å². The van der Waals surface area contributed by atoms with Crippen LogP contribution < -0.4 is 10.6 Å². The zero-order chi connectivity index (χ0) is 17.1. The zero-order valence-corrected chi connectivity index (χ0v) is 14.4. The van der Waals surface area contributed by atoms with E-state index in [9.17, 15) is 9.59 Å². The number of amides is 2. The highest BCUT2D eigenvalue weighted by atomic mass is 32.1. The van der Waals surface area contributed by atoms with E-state index in [1.165, 1.54) is 11.3 Å². The second-order valence-corrected chi connectivity index (χ2v) is 6.68. The van der Waals surface area contributed by atoms with Crippen LogP contribution in [0.4, 0.5) is 5.13 Å². The van der Waals surface area contributed by atoms with Crippen molar-refractivity contribution in [3.8, 4) is 0 Å². The molecule has 1 saturated heterocycles. The van der Waals surface area contributed by atoms with Crippen molar-refractivity contribution in [1.29, 1.82) is 0 Å². The van der Waals surface area contributed by atoms with Gasteiger partial charge in [0, 0.05) is 20.1 Å². The summed E-state index contributed by atoms with van der Waals surface area (Å²) < 4.78 is 0. The number of hydrogen-bond donors (Lipinski definition) is 2. The first-order chi connectivity index (χ1) is 11.6. The number of hydrogen-bond acceptors (Lipinski definition) is 6. The van der Waals surface area contributed by atoms with Crippen molar-refractivity contribution in [1.82, 2.24) is 20.4 Å². The molecule has 0 radical (unpaired) electrons. The molecule has 7 nitrogen and oxygen atoms in total. The Hall–Kier alpha value is -2.48. The van der Waals surface area contributed by atoms with Crippen LogP contribution in [0.25, 0.3) is 0 Å². The lowest BCUT2D eigenvalue weighted by molar-refractivity contribution is -0.143. The van der Waals surface area contributed by atoms with Gasteiger partial charge in [0.25, 0.3) is 0 Å². The summed E-state index contributed by atoms with van der Waals surface area (Å²) in [4.78, 5) is 26.8. The number of carbonyl (C=O) groups excluding carboxylic acids is 2. The van der Waals surface area contributed by atoms with E-state index in [0.29, 0.717) is 23.2 Å². The lowest BCUT2D eigenvalue weighted by atomic mass is 10.00. The number of benzene rings is 1. The molecule has 2 aromatic rings. The summed E-state index contributed by atoms with van der Waals surface area (Å²) >= 11 is 1.34. The van der Waals surface area contributed by atoms with Crippen LogP contribution in [0, 0.1) is 6.92 Å². The van der Waals surface area contributed by atoms with Crippen LogP contribution in [0.5, 0.6) is 0 Å². The van der Waals surface area contributed by atoms with E-state index in [-0.39, 0.29) is 18.2 Å². The van der Waals surface area contributed by atoms with Gasteiger partial charge in [-0.05, 0) is 12.5 Å². The third kappa shape index (κ3) is 3.38. The van der Waals surface area contributed by atoms with Crippen LogP contribution in [0.15, 0.2) is 24.3 Å². The summed E-state index contributed by atoms with van der Waals surface area (Å²) in [6.45, 7) is 2.92. The summed E-state index contributed by atoms with van der Waals surface area (Å²) in [7, 11) is 1.76. The molecule has 1 fully saturated rings. The topological polar surface area (TPSA) is 87.2 Å². The second-order valence-electron chi connectivity index (χ2n) is 5.62. The number of nitrogens with one attached hydrogen (secondary N) is 2. The molecule has 1 aliphatic heterocycles. The fourth-order valence-electron chi connectivity index (χ4n) is 2.76. The van der Waals surface area contributed by atoms with Gasteiger partial charge in [-0.2, -0.15) is 0 Å². The van der Waals surface area contributed by atoms with Gasteiger partial charge in [0.1, 0.15) is 11.0 Å². The molecule has 1 aliphatic rings. The predicted octanol–water partition coefficient (Wildman–Crippen LogP) is 1.13. The summed E-state index contributed by atoms with van der Waals surface area (Å²) in [5.74, 6) is -0.261. The molecule has 1 aromatic heterocycles. The number of nitrogens with zero attached hydrogens (tertiary/aromatic N) is 3. The molecule has 2 heterocycles. The van der Waals surface area contributed by atoms with E-state index in [4.69, 9.17) is 0 Å². The molecule has 1 aromatic carbocycles. The molecule has 3 rings (SSSR count). The minimum absolute atomic E-state index is 0.116. The Morgan fingerprint density at radius 2 is 2.29 bits per heavy atom. The molecule has 0 saturated carbocycles. The Kier molecular flexibility index (Phi) is 4.75. The van der Waals surface area contributed by atoms with E-state index in [0.717, 1.165) is 11.1 Å². The number of piperazine rings is 1. The first-order valence-electron chi connectivity index (χ1n) is 7.72. The standard InChI is InChI=1S/C16H19N5O2S/c1-10-4-3-5-11(8-10)14-15(23)18-6-7-21(14)13(22)9-12-19-20-16(17-2)24-12/h3-5,8,14H,6-7,9H2,1-2H3,(H,17,20)(H,18,23). The van der Waals surface area contributed by atoms with Crippen LogP contribution in [0.2, 0.25) is 0 Å². The highest BCUT2D eigenvalue weighted by molar-refractivity contribution is 7.15. The van der Waals surface area contributed by atoms with Gasteiger partial charge in [0.2, 0.25) is 16.9 Å². The predicted molar refractivity (Wildman–Crippen MR) is 91.8 cm³/mol. The van der Waals surface area contributed by atoms with Gasteiger partial charge in [-0.1, -0.05) is 41.2 Å². The minimum Gasteiger partial charge on any atom is -0.363 e. The lowest BCUT2D eigenvalue weighted by Crippen LogP contribution is -2.52. The molecular weight excluding hydrogens is 326 g/mol. The number of carbonyl (C=O) groups is 2. The fraction of sp³-hybridized carbons (Fsp3) is 0.375. The van der Waals surface area contributed by atoms with Crippen molar-refractivity contribution in [2.45, 2.75) is 19.4 Å². The third-order valence-corrected chi connectivity index (χ3v) is 4.81. The normalized spacial score (nSPS) is 17.5. The maximum absolute atomic E-state index is 12.7. The monoisotopic (exact) mass is 345 g/mol. The Labute approximate surface area is 144 Å². The molecule has 1 atom stereocenters. The van der Waals surface area contributed by atoms with E-state index < -0.39 is 6.04 Å². The first kappa shape index (κ1) is 16.4. The Morgan fingerprint density at radius 1 is 1.46 bits per heavy atom. The van der Waals surface area contributed by atoms with Crippen LogP contribution in [-0.2, 0) is 16.0 Å². The summed E-state index contributed by atoms with van der Waals surface area (Å²) in [5.41, 5.74) is 1.88. The van der Waals surface area contributed by atoms with Gasteiger partial charge in [-0.25, -0.2) is 0 Å². The molecule has 0 spiro atoms. The van der Waals surface area contributed by atoms with Gasteiger partial charge < -0.3 is 15.5 Å². The van der Waals surface area contributed by atoms with Gasteiger partial charge in [0.05, 0.1) is 6.42 Å². The molecule has 8 heteroatoms. The Balaban J connectivity index is 1.83. The van der Waals surface area contributed by atoms with Crippen molar-refractivity contribution in [3.05, 3.63) is 40.4 Å². The van der Waals surface area contributed by atoms with Crippen molar-refractivity contribution in [2.75, 3.05) is 25.5 Å². The Morgan fingerprint density at radius 3 is 3.00 bits per heavy atom. The van der Waals surface area contributed by atoms with Gasteiger partial charge in [-0.3, -0.25) is 9.59 Å². The highest BCUT2D eigenvalue weighted by Gasteiger charge is 2.34. The van der Waals surface area contributed by atoms with Crippen molar-refractivity contribution in [3.63, 3.8) is 0 Å². The average Bonchev–Trinajstić information content (AvgIpc) is 3.02. The molecule has 24 heavy (non-hydrogen) atoms. The molecule has 2 N–H and O–H groups in total. The third-order valence-electron chi connectivity index (χ3n) is 3.87. The molecule has 126 valence electrons. The summed E-state index contributed by atoms with van der Waals surface area (Å²) in [6.07, 6.45) is 0.148. The van der Waals surface area contributed by atoms with E-state index in [1.54, 1.807) is 11.9 Å². The lowest BCUT2D eigenvalue weighted by Gasteiger charge is -2.35. The van der Waals surface area contributed by atoms with Gasteiger partial charge in [-0.15, -0.1) is 10.2 Å². The van der Waals surface area contributed by atoms with E-state index >= 15 is 0 Å². The van der Waals surface area contributed by atoms with E-state index in [2.05, 4.69) is 20.8 Å². The highest BCUT2D eigenvalue weighted by Crippen LogP contribution is 2.25. The van der Waals surface area contributed by atoms with Crippen LogP contribution in [0.3, 0.4) is 0 Å². The maximum atomic E-state index is 12.7. The Bertz CT molecular complexity index is 760. The zero-order valence-electron chi connectivity index (χ0n) is 13.6. The van der Waals surface area contributed by atoms with Gasteiger partial charge >= 0.3 is 0 Å². The largest absolute Gasteiger partial charge is 0.363 e. The average molecular weight is 345 g/mol. The van der Waals surface area contributed by atoms with Crippen molar-refractivity contribution in [2.24, 2.45) is 0 Å². The number of aryl methyl sites for hydroxylation is 1. The first-order valence-corrected chi connectivity index (χ1v) is 8.54. The quantitative estimate of drug-likeness (QED) is 0.867. The smallest absolute Gasteiger partial charge is 0.247 e. The minimum atomic E-state index is -0.595. The van der Waals surface area contributed by atoms with Crippen molar-refractivity contribution < 1.29 is 9.59 Å². The van der Waals surface area contributed by atoms with Crippen LogP contribution >= 0.6 is 11.3 Å². The number of anilines is 1. The van der Waals surface area contributed by atoms with Crippen LogP contribution in [0.1, 0.15) is 22.2 Å². The molecular formula is C16H19N5O2S. The molecule has 2 amide bonds. The number of rotatable bonds is 4. The SMILES string of the molecule is CNc1nnc(CC(=O)N2CCNC(=O)C2c2cccc(C)c2)s1. The fourth-order valence-corrected chi connectivity index (χ4v) is 3.45. The maximum Gasteiger partial charge on any atom is 0.247 e. The number of aromatic nitrogens is 2. The summed E-state index contributed by atoms with van der Waals surface area (Å²) in [5, 5.41) is 15.0. The van der Waals surface area contributed by atoms with Crippen molar-refractivity contribution >= 4 is 28.3 Å². The van der Waals surface area contributed by atoms with E-state index in [1.807, 2.05) is 31.2 Å². The second kappa shape index (κ2) is 6.96. The molecule has 1 unspecified atom stereocenters. The molecule has 0 bridgehead atoms. The molecule has 0 aliphatic carbocycles. The van der Waals surface area contributed by atoms with Gasteiger partial charge in [0.15, 0.2) is 0 Å². The summed E-state index contributed by atoms with van der Waals surface area (Å²) in [6, 6.07) is 7.10.